The Morgan fingerprint density at radius 1 is 1.36 bits per heavy atom. The molecule has 0 aromatic carbocycles. The largest absolute Gasteiger partial charge is 0.381 e. The Hall–Kier alpha value is -0.460. The van der Waals surface area contributed by atoms with Crippen molar-refractivity contribution >= 4 is 0 Å². The molecule has 0 heterocycles. The van der Waals surface area contributed by atoms with Gasteiger partial charge >= 0.3 is 0 Å². The minimum atomic E-state index is 0.937. The first kappa shape index (κ1) is 8.63. The lowest BCUT2D eigenvalue weighted by atomic mass is 9.89. The lowest BCUT2D eigenvalue weighted by Gasteiger charge is -2.25. The van der Waals surface area contributed by atoms with Crippen molar-refractivity contribution in [2.45, 2.75) is 32.1 Å². The first-order valence-corrected chi connectivity index (χ1v) is 4.65. The molecule has 0 atom stereocenters. The van der Waals surface area contributed by atoms with Gasteiger partial charge in [-0.25, -0.2) is 0 Å². The molecular formula is C10H19N. The fraction of sp³-hybridized carbons (Fsp3) is 0.800. The highest BCUT2D eigenvalue weighted by Gasteiger charge is 2.13. The lowest BCUT2D eigenvalue weighted by molar-refractivity contribution is 0.281. The maximum Gasteiger partial charge on any atom is 0.0197 e. The van der Waals surface area contributed by atoms with E-state index >= 15 is 0 Å². The van der Waals surface area contributed by atoms with Gasteiger partial charge in [0, 0.05) is 13.6 Å². The molecule has 0 spiro atoms. The molecule has 1 heteroatoms. The summed E-state index contributed by atoms with van der Waals surface area (Å²) in [4.78, 5) is 2.20. The molecular weight excluding hydrogens is 134 g/mol. The van der Waals surface area contributed by atoms with Crippen LogP contribution in [0, 0.1) is 5.92 Å². The average Bonchev–Trinajstić information content (AvgIpc) is 2.06. The quantitative estimate of drug-likeness (QED) is 0.602. The van der Waals surface area contributed by atoms with Crippen LogP contribution in [0.2, 0.25) is 0 Å². The number of nitrogens with zero attached hydrogens (tertiary/aromatic N) is 1. The Morgan fingerprint density at radius 2 is 2.00 bits per heavy atom. The van der Waals surface area contributed by atoms with Gasteiger partial charge in [0.1, 0.15) is 0 Å². The Kier molecular flexibility index (Phi) is 3.47. The second-order valence-electron chi connectivity index (χ2n) is 3.63. The summed E-state index contributed by atoms with van der Waals surface area (Å²) < 4.78 is 0. The van der Waals surface area contributed by atoms with Gasteiger partial charge in [-0.1, -0.05) is 25.8 Å². The number of rotatable bonds is 3. The third kappa shape index (κ3) is 2.96. The average molecular weight is 153 g/mol. The molecule has 0 aliphatic heterocycles. The van der Waals surface area contributed by atoms with E-state index in [9.17, 15) is 0 Å². The van der Waals surface area contributed by atoms with Crippen molar-refractivity contribution in [1.29, 1.82) is 0 Å². The van der Waals surface area contributed by atoms with Crippen molar-refractivity contribution in [2.75, 3.05) is 13.6 Å². The van der Waals surface area contributed by atoms with Gasteiger partial charge in [-0.3, -0.25) is 0 Å². The van der Waals surface area contributed by atoms with Crippen LogP contribution in [0.4, 0.5) is 0 Å². The zero-order valence-corrected chi connectivity index (χ0v) is 7.55. The molecule has 0 unspecified atom stereocenters. The smallest absolute Gasteiger partial charge is 0.0197 e. The molecule has 1 nitrogen and oxygen atoms in total. The van der Waals surface area contributed by atoms with Crippen LogP contribution in [0.25, 0.3) is 0 Å². The predicted octanol–water partition coefficient (Wildman–Crippen LogP) is 2.64. The third-order valence-electron chi connectivity index (χ3n) is 2.58. The van der Waals surface area contributed by atoms with Crippen LogP contribution >= 0.6 is 0 Å². The molecule has 0 aromatic heterocycles. The summed E-state index contributed by atoms with van der Waals surface area (Å²) in [5.74, 6) is 0.937. The maximum atomic E-state index is 3.75. The summed E-state index contributed by atoms with van der Waals surface area (Å²) in [6.45, 7) is 4.96. The van der Waals surface area contributed by atoms with Crippen molar-refractivity contribution in [3.8, 4) is 0 Å². The van der Waals surface area contributed by atoms with Crippen LogP contribution in [0.15, 0.2) is 12.8 Å². The highest BCUT2D eigenvalue weighted by molar-refractivity contribution is 4.73. The van der Waals surface area contributed by atoms with E-state index in [0.717, 1.165) is 5.92 Å². The summed E-state index contributed by atoms with van der Waals surface area (Å²) in [6, 6.07) is 0. The van der Waals surface area contributed by atoms with E-state index in [-0.39, 0.29) is 0 Å². The molecule has 1 rings (SSSR count). The zero-order valence-electron chi connectivity index (χ0n) is 7.55. The van der Waals surface area contributed by atoms with E-state index < -0.39 is 0 Å². The molecule has 1 saturated carbocycles. The molecule has 0 radical (unpaired) electrons. The van der Waals surface area contributed by atoms with Crippen LogP contribution in [0.3, 0.4) is 0 Å². The number of hydrogen-bond acceptors (Lipinski definition) is 1. The van der Waals surface area contributed by atoms with Crippen molar-refractivity contribution in [3.63, 3.8) is 0 Å². The summed E-state index contributed by atoms with van der Waals surface area (Å²) in [5, 5.41) is 0. The molecule has 64 valence electrons. The highest BCUT2D eigenvalue weighted by atomic mass is 15.1. The first-order chi connectivity index (χ1) is 5.33. The van der Waals surface area contributed by atoms with E-state index in [1.54, 1.807) is 0 Å². The summed E-state index contributed by atoms with van der Waals surface area (Å²) in [6.07, 6.45) is 9.12. The monoisotopic (exact) mass is 153 g/mol. The highest BCUT2D eigenvalue weighted by Crippen LogP contribution is 2.23. The molecule has 0 amide bonds. The minimum Gasteiger partial charge on any atom is -0.381 e. The van der Waals surface area contributed by atoms with Gasteiger partial charge in [0.05, 0.1) is 0 Å². The third-order valence-corrected chi connectivity index (χ3v) is 2.58. The summed E-state index contributed by atoms with van der Waals surface area (Å²) in [5.41, 5.74) is 0. The van der Waals surface area contributed by atoms with Crippen molar-refractivity contribution in [2.24, 2.45) is 5.92 Å². The zero-order chi connectivity index (χ0) is 8.10. The van der Waals surface area contributed by atoms with Crippen LogP contribution in [0.1, 0.15) is 32.1 Å². The lowest BCUT2D eigenvalue weighted by Crippen LogP contribution is -2.22. The van der Waals surface area contributed by atoms with Gasteiger partial charge in [-0.2, -0.15) is 0 Å². The van der Waals surface area contributed by atoms with Gasteiger partial charge in [-0.05, 0) is 25.0 Å². The second kappa shape index (κ2) is 4.42. The SMILES string of the molecule is C=CN(C)CC1CCCCC1. The van der Waals surface area contributed by atoms with Crippen molar-refractivity contribution in [3.05, 3.63) is 12.8 Å². The molecule has 1 aliphatic rings. The Labute approximate surface area is 70.1 Å². The Balaban J connectivity index is 2.18. The minimum absolute atomic E-state index is 0.937. The fourth-order valence-corrected chi connectivity index (χ4v) is 1.85. The first-order valence-electron chi connectivity index (χ1n) is 4.65. The van der Waals surface area contributed by atoms with Crippen LogP contribution in [-0.2, 0) is 0 Å². The Bertz CT molecular complexity index is 114. The molecule has 11 heavy (non-hydrogen) atoms. The van der Waals surface area contributed by atoms with Gasteiger partial charge in [0.25, 0.3) is 0 Å². The van der Waals surface area contributed by atoms with E-state index in [0.29, 0.717) is 0 Å². The summed E-state index contributed by atoms with van der Waals surface area (Å²) >= 11 is 0. The van der Waals surface area contributed by atoms with Crippen molar-refractivity contribution in [1.82, 2.24) is 4.90 Å². The molecule has 0 N–H and O–H groups in total. The predicted molar refractivity (Wildman–Crippen MR) is 49.4 cm³/mol. The van der Waals surface area contributed by atoms with Crippen molar-refractivity contribution < 1.29 is 0 Å². The van der Waals surface area contributed by atoms with E-state index in [1.165, 1.54) is 38.6 Å². The maximum absolute atomic E-state index is 3.75. The van der Waals surface area contributed by atoms with Gasteiger partial charge in [-0.15, -0.1) is 0 Å². The molecule has 0 bridgehead atoms. The molecule has 1 aliphatic carbocycles. The fourth-order valence-electron chi connectivity index (χ4n) is 1.85. The standard InChI is InChI=1S/C10H19N/c1-3-11(2)9-10-7-5-4-6-8-10/h3,10H,1,4-9H2,2H3. The van der Waals surface area contributed by atoms with Gasteiger partial charge < -0.3 is 4.90 Å². The van der Waals surface area contributed by atoms with Crippen LogP contribution in [-0.4, -0.2) is 18.5 Å². The number of hydrogen-bond donors (Lipinski definition) is 0. The normalized spacial score (nSPS) is 19.7. The Morgan fingerprint density at radius 3 is 2.55 bits per heavy atom. The van der Waals surface area contributed by atoms with Crippen LogP contribution in [0.5, 0.6) is 0 Å². The van der Waals surface area contributed by atoms with E-state index in [4.69, 9.17) is 0 Å². The van der Waals surface area contributed by atoms with E-state index in [1.807, 2.05) is 6.20 Å². The molecule has 0 saturated heterocycles. The molecule has 1 fully saturated rings. The van der Waals surface area contributed by atoms with Crippen LogP contribution < -0.4 is 0 Å². The second-order valence-corrected chi connectivity index (χ2v) is 3.63. The topological polar surface area (TPSA) is 3.24 Å². The van der Waals surface area contributed by atoms with Gasteiger partial charge in [0.15, 0.2) is 0 Å². The summed E-state index contributed by atoms with van der Waals surface area (Å²) in [7, 11) is 2.11. The van der Waals surface area contributed by atoms with E-state index in [2.05, 4.69) is 18.5 Å². The van der Waals surface area contributed by atoms with Gasteiger partial charge in [0.2, 0.25) is 0 Å². The molecule has 0 aromatic rings.